The van der Waals surface area contributed by atoms with Gasteiger partial charge in [-0.05, 0) is 59.4 Å². The van der Waals surface area contributed by atoms with Crippen molar-refractivity contribution in [2.45, 2.75) is 32.1 Å². The van der Waals surface area contributed by atoms with E-state index >= 15 is 0 Å². The Bertz CT molecular complexity index is 1220. The van der Waals surface area contributed by atoms with Crippen LogP contribution in [0.15, 0.2) is 91.0 Å². The number of rotatable bonds is 12. The van der Waals surface area contributed by atoms with Crippen molar-refractivity contribution in [2.75, 3.05) is 13.7 Å². The Morgan fingerprint density at radius 1 is 0.833 bits per heavy atom. The van der Waals surface area contributed by atoms with Gasteiger partial charge in [0.1, 0.15) is 6.10 Å². The highest BCUT2D eigenvalue weighted by Gasteiger charge is 2.15. The van der Waals surface area contributed by atoms with E-state index in [4.69, 9.17) is 21.1 Å². The second-order valence-electron chi connectivity index (χ2n) is 8.56. The van der Waals surface area contributed by atoms with Crippen LogP contribution in [0.3, 0.4) is 0 Å². The molecular weight excluding hydrogens is 490 g/mol. The van der Waals surface area contributed by atoms with Crippen LogP contribution in [-0.2, 0) is 35.5 Å². The quantitative estimate of drug-likeness (QED) is 0.204. The standard InChI is InChI=1S/C30H30ClNO3S/c1-34-30(33)26-15-13-24(14-16-26)19-32-20-27(28-17-18-29(31)36-28)35-21-25-11-9-23(10-12-25)8-7-22-5-3-2-4-6-22/h2-6,9-18,27,32H,7-8,19-21H2,1H3. The monoisotopic (exact) mass is 519 g/mol. The Hall–Kier alpha value is -2.96. The molecule has 0 bridgehead atoms. The van der Waals surface area contributed by atoms with Gasteiger partial charge in [0.15, 0.2) is 0 Å². The summed E-state index contributed by atoms with van der Waals surface area (Å²) in [5.41, 5.74) is 5.45. The molecule has 0 saturated carbocycles. The number of nitrogens with one attached hydrogen (secondary N) is 1. The number of carbonyl (C=O) groups excluding carboxylic acids is 1. The molecule has 0 aliphatic carbocycles. The molecule has 0 aliphatic heterocycles. The Kier molecular flexibility index (Phi) is 9.70. The number of methoxy groups -OCH3 is 1. The molecule has 1 N–H and O–H groups in total. The van der Waals surface area contributed by atoms with Crippen molar-refractivity contribution in [3.05, 3.63) is 128 Å². The predicted octanol–water partition coefficient (Wildman–Crippen LogP) is 7.02. The molecule has 4 rings (SSSR count). The smallest absolute Gasteiger partial charge is 0.337 e. The number of aryl methyl sites for hydroxylation is 2. The molecule has 0 amide bonds. The largest absolute Gasteiger partial charge is 0.465 e. The SMILES string of the molecule is COC(=O)c1ccc(CNCC(OCc2ccc(CCc3ccccc3)cc2)c2ccc(Cl)s2)cc1. The fraction of sp³-hybridized carbons (Fsp3) is 0.233. The number of carbonyl (C=O) groups is 1. The zero-order valence-corrected chi connectivity index (χ0v) is 21.9. The highest BCUT2D eigenvalue weighted by Crippen LogP contribution is 2.29. The van der Waals surface area contributed by atoms with Crippen LogP contribution < -0.4 is 5.32 Å². The van der Waals surface area contributed by atoms with Crippen molar-refractivity contribution in [1.29, 1.82) is 0 Å². The maximum atomic E-state index is 11.6. The van der Waals surface area contributed by atoms with Crippen molar-refractivity contribution in [1.82, 2.24) is 5.32 Å². The van der Waals surface area contributed by atoms with Gasteiger partial charge in [0.05, 0.1) is 23.6 Å². The topological polar surface area (TPSA) is 47.6 Å². The van der Waals surface area contributed by atoms with Crippen LogP contribution in [0.4, 0.5) is 0 Å². The highest BCUT2D eigenvalue weighted by atomic mass is 35.5. The Morgan fingerprint density at radius 3 is 2.11 bits per heavy atom. The van der Waals surface area contributed by atoms with Crippen LogP contribution in [0, 0.1) is 0 Å². The first-order valence-corrected chi connectivity index (χ1v) is 13.2. The molecule has 0 spiro atoms. The van der Waals surface area contributed by atoms with Gasteiger partial charge in [0, 0.05) is 18.0 Å². The molecule has 0 fully saturated rings. The highest BCUT2D eigenvalue weighted by molar-refractivity contribution is 7.16. The van der Waals surface area contributed by atoms with Gasteiger partial charge in [-0.1, -0.05) is 78.3 Å². The van der Waals surface area contributed by atoms with Crippen LogP contribution in [-0.4, -0.2) is 19.6 Å². The summed E-state index contributed by atoms with van der Waals surface area (Å²) in [6.07, 6.45) is 1.94. The third-order valence-corrected chi connectivity index (χ3v) is 7.29. The number of hydrogen-bond donors (Lipinski definition) is 1. The van der Waals surface area contributed by atoms with Gasteiger partial charge >= 0.3 is 5.97 Å². The van der Waals surface area contributed by atoms with Crippen LogP contribution >= 0.6 is 22.9 Å². The minimum atomic E-state index is -0.332. The molecule has 0 aliphatic rings. The number of esters is 1. The van der Waals surface area contributed by atoms with Crippen LogP contribution in [0.2, 0.25) is 4.34 Å². The number of benzene rings is 3. The van der Waals surface area contributed by atoms with Gasteiger partial charge in [-0.25, -0.2) is 4.79 Å². The zero-order valence-electron chi connectivity index (χ0n) is 20.3. The van der Waals surface area contributed by atoms with E-state index in [-0.39, 0.29) is 12.1 Å². The van der Waals surface area contributed by atoms with Crippen molar-refractivity contribution >= 4 is 28.9 Å². The second-order valence-corrected chi connectivity index (χ2v) is 10.3. The third kappa shape index (κ3) is 7.77. The molecule has 4 nitrogen and oxygen atoms in total. The summed E-state index contributed by atoms with van der Waals surface area (Å²) in [4.78, 5) is 12.7. The molecule has 3 aromatic carbocycles. The minimum Gasteiger partial charge on any atom is -0.465 e. The first-order chi connectivity index (χ1) is 17.6. The number of ether oxygens (including phenoxy) is 2. The summed E-state index contributed by atoms with van der Waals surface area (Å²) in [5.74, 6) is -0.332. The summed E-state index contributed by atoms with van der Waals surface area (Å²) in [6, 6.07) is 30.6. The van der Waals surface area contributed by atoms with Gasteiger partial charge in [0.25, 0.3) is 0 Å². The normalized spacial score (nSPS) is 11.8. The summed E-state index contributed by atoms with van der Waals surface area (Å²) >= 11 is 7.74. The number of halogens is 1. The van der Waals surface area contributed by atoms with E-state index in [2.05, 4.69) is 59.9 Å². The third-order valence-electron chi connectivity index (χ3n) is 5.96. The number of thiophene rings is 1. The van der Waals surface area contributed by atoms with Crippen LogP contribution in [0.25, 0.3) is 0 Å². The average Bonchev–Trinajstić information content (AvgIpc) is 3.36. The van der Waals surface area contributed by atoms with Gasteiger partial charge in [0.2, 0.25) is 0 Å². The van der Waals surface area contributed by atoms with Gasteiger partial charge in [-0.3, -0.25) is 0 Å². The Morgan fingerprint density at radius 2 is 1.47 bits per heavy atom. The van der Waals surface area contributed by atoms with E-state index in [9.17, 15) is 4.79 Å². The molecule has 0 radical (unpaired) electrons. The predicted molar refractivity (Wildman–Crippen MR) is 147 cm³/mol. The van der Waals surface area contributed by atoms with E-state index in [1.165, 1.54) is 18.2 Å². The first-order valence-electron chi connectivity index (χ1n) is 12.0. The molecule has 1 heterocycles. The summed E-state index contributed by atoms with van der Waals surface area (Å²) < 4.78 is 11.8. The first kappa shape index (κ1) is 26.1. The van der Waals surface area contributed by atoms with Crippen molar-refractivity contribution in [3.63, 3.8) is 0 Å². The van der Waals surface area contributed by atoms with E-state index in [0.29, 0.717) is 25.3 Å². The lowest BCUT2D eigenvalue weighted by Gasteiger charge is -2.18. The van der Waals surface area contributed by atoms with E-state index in [1.54, 1.807) is 23.5 Å². The summed E-state index contributed by atoms with van der Waals surface area (Å²) in [7, 11) is 1.38. The fourth-order valence-corrected chi connectivity index (χ4v) is 5.01. The fourth-order valence-electron chi connectivity index (χ4n) is 3.90. The Labute approximate surface area is 221 Å². The van der Waals surface area contributed by atoms with Gasteiger partial charge < -0.3 is 14.8 Å². The molecule has 1 unspecified atom stereocenters. The Balaban J connectivity index is 1.30. The molecule has 186 valence electrons. The number of hydrogen-bond acceptors (Lipinski definition) is 5. The lowest BCUT2D eigenvalue weighted by molar-refractivity contribution is 0.0419. The summed E-state index contributed by atoms with van der Waals surface area (Å²) in [6.45, 7) is 1.83. The van der Waals surface area contributed by atoms with Crippen molar-refractivity contribution in [3.8, 4) is 0 Å². The van der Waals surface area contributed by atoms with Crippen LogP contribution in [0.1, 0.15) is 43.6 Å². The van der Waals surface area contributed by atoms with E-state index < -0.39 is 0 Å². The molecule has 36 heavy (non-hydrogen) atoms. The van der Waals surface area contributed by atoms with Crippen LogP contribution in [0.5, 0.6) is 0 Å². The maximum absolute atomic E-state index is 11.6. The van der Waals surface area contributed by atoms with Crippen molar-refractivity contribution in [2.24, 2.45) is 0 Å². The van der Waals surface area contributed by atoms with E-state index in [1.807, 2.05) is 24.3 Å². The maximum Gasteiger partial charge on any atom is 0.337 e. The summed E-state index contributed by atoms with van der Waals surface area (Å²) in [5, 5.41) is 3.47. The zero-order chi connectivity index (χ0) is 25.2. The lowest BCUT2D eigenvalue weighted by Crippen LogP contribution is -2.22. The molecule has 4 aromatic rings. The molecule has 1 atom stereocenters. The average molecular weight is 520 g/mol. The second kappa shape index (κ2) is 13.4. The molecular formula is C30H30ClNO3S. The molecule has 0 saturated heterocycles. The minimum absolute atomic E-state index is 0.116. The molecule has 6 heteroatoms. The van der Waals surface area contributed by atoms with Gasteiger partial charge in [-0.2, -0.15) is 0 Å². The van der Waals surface area contributed by atoms with E-state index in [0.717, 1.165) is 33.2 Å². The lowest BCUT2D eigenvalue weighted by atomic mass is 10.0. The van der Waals surface area contributed by atoms with Gasteiger partial charge in [-0.15, -0.1) is 11.3 Å². The van der Waals surface area contributed by atoms with Crippen molar-refractivity contribution < 1.29 is 14.3 Å². The molecule has 1 aromatic heterocycles.